The molecule has 18 heavy (non-hydrogen) atoms. The van der Waals surface area contributed by atoms with Gasteiger partial charge in [-0.05, 0) is 35.7 Å². The van der Waals surface area contributed by atoms with E-state index in [1.165, 1.54) is 11.3 Å². The lowest BCUT2D eigenvalue weighted by Gasteiger charge is -2.20. The Bertz CT molecular complexity index is 582. The van der Waals surface area contributed by atoms with Crippen LogP contribution in [0.2, 0.25) is 5.02 Å². The Balaban J connectivity index is 1.86. The molecule has 1 aliphatic heterocycles. The molecule has 1 aliphatic rings. The molecule has 2 aromatic carbocycles. The second-order valence-electron chi connectivity index (χ2n) is 4.58. The third-order valence-electron chi connectivity index (χ3n) is 3.38. The molecule has 0 radical (unpaired) electrons. The van der Waals surface area contributed by atoms with Crippen molar-refractivity contribution in [2.24, 2.45) is 0 Å². The Hall–Kier alpha value is -1.67. The molecule has 92 valence electrons. The van der Waals surface area contributed by atoms with Crippen LogP contribution in [0.1, 0.15) is 11.1 Å². The maximum atomic E-state index is 9.36. The maximum Gasteiger partial charge on any atom is 0.117 e. The summed E-state index contributed by atoms with van der Waals surface area (Å²) in [6.45, 7) is 1.81. The van der Waals surface area contributed by atoms with Gasteiger partial charge in [0.1, 0.15) is 5.75 Å². The first-order valence-corrected chi connectivity index (χ1v) is 6.42. The summed E-state index contributed by atoms with van der Waals surface area (Å²) >= 11 is 6.15. The number of halogens is 1. The highest BCUT2D eigenvalue weighted by atomic mass is 35.5. The van der Waals surface area contributed by atoms with E-state index >= 15 is 0 Å². The van der Waals surface area contributed by atoms with Crippen molar-refractivity contribution in [3.63, 3.8) is 0 Å². The predicted molar refractivity (Wildman–Crippen MR) is 74.3 cm³/mol. The molecular weight excluding hydrogens is 246 g/mol. The lowest BCUT2D eigenvalue weighted by atomic mass is 10.1. The summed E-state index contributed by atoms with van der Waals surface area (Å²) < 4.78 is 0. The molecule has 0 aromatic heterocycles. The van der Waals surface area contributed by atoms with E-state index in [9.17, 15) is 5.11 Å². The lowest BCUT2D eigenvalue weighted by Crippen LogP contribution is -2.19. The van der Waals surface area contributed by atoms with Crippen LogP contribution in [0.4, 0.5) is 5.69 Å². The number of aromatic hydroxyl groups is 1. The van der Waals surface area contributed by atoms with E-state index in [0.717, 1.165) is 25.1 Å². The summed E-state index contributed by atoms with van der Waals surface area (Å²) in [5.74, 6) is 0.213. The van der Waals surface area contributed by atoms with Crippen molar-refractivity contribution < 1.29 is 5.11 Å². The number of para-hydroxylation sites is 1. The molecule has 1 N–H and O–H groups in total. The normalized spacial score (nSPS) is 13.7. The molecule has 0 unspecified atom stereocenters. The maximum absolute atomic E-state index is 9.36. The zero-order chi connectivity index (χ0) is 12.5. The third kappa shape index (κ3) is 2.04. The zero-order valence-electron chi connectivity index (χ0n) is 9.94. The molecule has 0 atom stereocenters. The second-order valence-corrected chi connectivity index (χ2v) is 4.98. The average molecular weight is 260 g/mol. The van der Waals surface area contributed by atoms with Gasteiger partial charge in [-0.1, -0.05) is 35.9 Å². The van der Waals surface area contributed by atoms with Crippen LogP contribution in [0.5, 0.6) is 5.75 Å². The van der Waals surface area contributed by atoms with Gasteiger partial charge in [0.15, 0.2) is 0 Å². The van der Waals surface area contributed by atoms with E-state index < -0.39 is 0 Å². The van der Waals surface area contributed by atoms with E-state index in [1.807, 2.05) is 6.07 Å². The number of fused-ring (bicyclic) bond motifs is 1. The van der Waals surface area contributed by atoms with E-state index in [1.54, 1.807) is 12.1 Å². The van der Waals surface area contributed by atoms with Crippen LogP contribution in [-0.4, -0.2) is 11.7 Å². The largest absolute Gasteiger partial charge is 0.508 e. The van der Waals surface area contributed by atoms with E-state index in [4.69, 9.17) is 11.6 Å². The molecule has 2 nitrogen and oxygen atoms in total. The first-order chi connectivity index (χ1) is 8.74. The zero-order valence-corrected chi connectivity index (χ0v) is 10.7. The van der Waals surface area contributed by atoms with E-state index in [2.05, 4.69) is 29.2 Å². The number of nitrogens with zero attached hydrogens (tertiary/aromatic N) is 1. The Morgan fingerprint density at radius 2 is 2.00 bits per heavy atom. The number of hydrogen-bond donors (Lipinski definition) is 1. The predicted octanol–water partition coefficient (Wildman–Crippen LogP) is 3.61. The number of anilines is 1. The van der Waals surface area contributed by atoms with Gasteiger partial charge >= 0.3 is 0 Å². The molecule has 1 heterocycles. The number of hydrogen-bond acceptors (Lipinski definition) is 2. The van der Waals surface area contributed by atoms with Crippen LogP contribution in [0.25, 0.3) is 0 Å². The number of benzene rings is 2. The first kappa shape index (κ1) is 11.4. The van der Waals surface area contributed by atoms with Crippen LogP contribution < -0.4 is 4.90 Å². The van der Waals surface area contributed by atoms with Crippen molar-refractivity contribution in [2.75, 3.05) is 11.4 Å². The smallest absolute Gasteiger partial charge is 0.117 e. The Labute approximate surface area is 111 Å². The van der Waals surface area contributed by atoms with Crippen LogP contribution in [-0.2, 0) is 13.0 Å². The van der Waals surface area contributed by atoms with Gasteiger partial charge in [-0.3, -0.25) is 0 Å². The minimum Gasteiger partial charge on any atom is -0.508 e. The minimum atomic E-state index is 0.213. The Kier molecular flexibility index (Phi) is 2.88. The molecule has 3 heteroatoms. The average Bonchev–Trinajstić information content (AvgIpc) is 2.76. The highest BCUT2D eigenvalue weighted by Gasteiger charge is 2.18. The highest BCUT2D eigenvalue weighted by molar-refractivity contribution is 6.31. The van der Waals surface area contributed by atoms with Gasteiger partial charge < -0.3 is 10.0 Å². The van der Waals surface area contributed by atoms with Gasteiger partial charge in [-0.25, -0.2) is 0 Å². The summed E-state index contributed by atoms with van der Waals surface area (Å²) in [5, 5.41) is 9.98. The summed E-state index contributed by atoms with van der Waals surface area (Å²) in [6, 6.07) is 13.6. The van der Waals surface area contributed by atoms with Crippen molar-refractivity contribution in [1.29, 1.82) is 0 Å². The number of phenolic OH excluding ortho intramolecular Hbond substituents is 1. The Morgan fingerprint density at radius 1 is 1.17 bits per heavy atom. The van der Waals surface area contributed by atoms with Crippen LogP contribution in [0, 0.1) is 0 Å². The van der Waals surface area contributed by atoms with E-state index in [-0.39, 0.29) is 5.75 Å². The first-order valence-electron chi connectivity index (χ1n) is 6.04. The summed E-state index contributed by atoms with van der Waals surface area (Å²) in [4.78, 5) is 2.33. The number of rotatable bonds is 2. The highest BCUT2D eigenvalue weighted by Crippen LogP contribution is 2.31. The molecule has 0 saturated carbocycles. The standard InChI is InChI=1S/C15H14ClNO/c16-14-9-13(18)6-5-12(14)10-17-8-7-11-3-1-2-4-15(11)17/h1-6,9,18H,7-8,10H2. The van der Waals surface area contributed by atoms with Crippen LogP contribution in [0.3, 0.4) is 0 Å². The van der Waals surface area contributed by atoms with Crippen molar-refractivity contribution in [1.82, 2.24) is 0 Å². The van der Waals surface area contributed by atoms with Gasteiger partial charge in [0, 0.05) is 23.8 Å². The molecular formula is C15H14ClNO. The fourth-order valence-electron chi connectivity index (χ4n) is 2.44. The van der Waals surface area contributed by atoms with Crippen molar-refractivity contribution in [3.8, 4) is 5.75 Å². The quantitative estimate of drug-likeness (QED) is 0.891. The topological polar surface area (TPSA) is 23.5 Å². The molecule has 0 spiro atoms. The SMILES string of the molecule is Oc1ccc(CN2CCc3ccccc32)c(Cl)c1. The summed E-state index contributed by atoms with van der Waals surface area (Å²) in [7, 11) is 0. The van der Waals surface area contributed by atoms with Gasteiger partial charge in [-0.15, -0.1) is 0 Å². The van der Waals surface area contributed by atoms with Crippen molar-refractivity contribution >= 4 is 17.3 Å². The molecule has 0 aliphatic carbocycles. The molecule has 0 amide bonds. The second kappa shape index (κ2) is 4.54. The van der Waals surface area contributed by atoms with Crippen LogP contribution in [0.15, 0.2) is 42.5 Å². The van der Waals surface area contributed by atoms with Gasteiger partial charge in [-0.2, -0.15) is 0 Å². The molecule has 0 saturated heterocycles. The monoisotopic (exact) mass is 259 g/mol. The fourth-order valence-corrected chi connectivity index (χ4v) is 2.68. The van der Waals surface area contributed by atoms with Gasteiger partial charge in [0.05, 0.1) is 0 Å². The molecule has 0 bridgehead atoms. The van der Waals surface area contributed by atoms with Crippen molar-refractivity contribution in [3.05, 3.63) is 58.6 Å². The fraction of sp³-hybridized carbons (Fsp3) is 0.200. The van der Waals surface area contributed by atoms with Gasteiger partial charge in [0.25, 0.3) is 0 Å². The molecule has 2 aromatic rings. The number of phenols is 1. The van der Waals surface area contributed by atoms with Crippen molar-refractivity contribution in [2.45, 2.75) is 13.0 Å². The molecule has 0 fully saturated rings. The summed E-state index contributed by atoms with van der Waals surface area (Å²) in [5.41, 5.74) is 3.74. The van der Waals surface area contributed by atoms with E-state index in [0.29, 0.717) is 5.02 Å². The van der Waals surface area contributed by atoms with Gasteiger partial charge in [0.2, 0.25) is 0 Å². The lowest BCUT2D eigenvalue weighted by molar-refractivity contribution is 0.475. The molecule has 3 rings (SSSR count). The minimum absolute atomic E-state index is 0.213. The summed E-state index contributed by atoms with van der Waals surface area (Å²) in [6.07, 6.45) is 1.09. The third-order valence-corrected chi connectivity index (χ3v) is 3.73. The Morgan fingerprint density at radius 3 is 2.83 bits per heavy atom. The van der Waals surface area contributed by atoms with Crippen LogP contribution >= 0.6 is 11.6 Å².